The van der Waals surface area contributed by atoms with Crippen molar-refractivity contribution < 1.29 is 37.4 Å². The fourth-order valence-corrected chi connectivity index (χ4v) is 2.97. The molecular weight excluding hydrogens is 456 g/mol. The Kier molecular flexibility index (Phi) is 6.09. The molecular formula is C17H19BrN2O9. The van der Waals surface area contributed by atoms with E-state index in [1.807, 2.05) is 0 Å². The zero-order valence-corrected chi connectivity index (χ0v) is 16.5. The number of esters is 3. The number of nitrogens with one attached hydrogen (secondary N) is 1. The van der Waals surface area contributed by atoms with Crippen LogP contribution in [0.15, 0.2) is 20.8 Å². The van der Waals surface area contributed by atoms with E-state index in [4.69, 9.17) is 23.1 Å². The predicted molar refractivity (Wildman–Crippen MR) is 101 cm³/mol. The normalized spacial score (nSPS) is 25.1. The number of halogens is 1. The molecule has 1 aromatic rings. The molecule has 1 N–H and O–H groups in total. The Hall–Kier alpha value is -2.73. The maximum Gasteiger partial charge on any atom is 0.330 e. The van der Waals surface area contributed by atoms with E-state index in [9.17, 15) is 24.0 Å². The minimum absolute atomic E-state index is 0.0272. The van der Waals surface area contributed by atoms with Crippen LogP contribution in [0.2, 0.25) is 0 Å². The fourth-order valence-electron chi connectivity index (χ4n) is 2.69. The second-order valence-corrected chi connectivity index (χ2v) is 6.23. The summed E-state index contributed by atoms with van der Waals surface area (Å²) in [5.74, 6) is -2.95. The summed E-state index contributed by atoms with van der Waals surface area (Å²) in [6.45, 7) is -2.78. The van der Waals surface area contributed by atoms with E-state index in [1.165, 1.54) is 11.1 Å². The zero-order valence-electron chi connectivity index (χ0n) is 17.9. The number of hydrogen-bond donors (Lipinski definition) is 1. The van der Waals surface area contributed by atoms with Gasteiger partial charge in [0.25, 0.3) is 5.56 Å². The van der Waals surface area contributed by atoms with Gasteiger partial charge in [-0.05, 0) is 11.1 Å². The van der Waals surface area contributed by atoms with Crippen molar-refractivity contribution in [3.63, 3.8) is 0 Å². The van der Waals surface area contributed by atoms with Gasteiger partial charge in [-0.1, -0.05) is 15.9 Å². The van der Waals surface area contributed by atoms with Gasteiger partial charge in [0.2, 0.25) is 0 Å². The third-order valence-corrected chi connectivity index (χ3v) is 4.01. The van der Waals surface area contributed by atoms with Gasteiger partial charge in [0.1, 0.15) is 12.7 Å². The lowest BCUT2D eigenvalue weighted by Gasteiger charge is -2.24. The Bertz CT molecular complexity index is 996. The third-order valence-electron chi connectivity index (χ3n) is 3.74. The van der Waals surface area contributed by atoms with Crippen LogP contribution < -0.4 is 11.2 Å². The highest BCUT2D eigenvalue weighted by molar-refractivity contribution is 9.11. The number of rotatable bonds is 6. The first-order valence-corrected chi connectivity index (χ1v) is 8.87. The summed E-state index contributed by atoms with van der Waals surface area (Å²) in [7, 11) is 0. The van der Waals surface area contributed by atoms with Crippen molar-refractivity contribution in [1.82, 2.24) is 9.55 Å². The summed E-state index contributed by atoms with van der Waals surface area (Å²) < 4.78 is 43.2. The van der Waals surface area contributed by atoms with Crippen LogP contribution >= 0.6 is 15.9 Å². The van der Waals surface area contributed by atoms with Crippen LogP contribution in [0.3, 0.4) is 0 Å². The first-order valence-electron chi connectivity index (χ1n) is 10.1. The van der Waals surface area contributed by atoms with Crippen molar-refractivity contribution in [2.75, 3.05) is 6.61 Å². The number of aromatic nitrogens is 2. The minimum atomic E-state index is -1.48. The van der Waals surface area contributed by atoms with Gasteiger partial charge < -0.3 is 18.9 Å². The molecule has 0 aliphatic carbocycles. The zero-order chi connectivity index (χ0) is 23.8. The maximum absolute atomic E-state index is 12.5. The Morgan fingerprint density at radius 3 is 2.48 bits per heavy atom. The molecule has 4 atom stereocenters. The van der Waals surface area contributed by atoms with Gasteiger partial charge in [-0.2, -0.15) is 0 Å². The standard InChI is InChI=1S/C17H19BrN2O9/c1-8(21)26-7-12-13(27-9(2)22)14(28-10(3)23)16(29-12)20-6-11(4-5-18)15(24)19-17(20)25/h4-6,12-14,16H,7H2,1-3H3,(H,19,24,25)/t12-,13+,14-,16?/m1/s1/i1D,2D,3D. The summed E-state index contributed by atoms with van der Waals surface area (Å²) in [6.07, 6.45) is -3.13. The summed E-state index contributed by atoms with van der Waals surface area (Å²) in [6, 6.07) is 0. The molecule has 1 fully saturated rings. The lowest BCUT2D eigenvalue weighted by Crippen LogP contribution is -2.42. The molecule has 1 aromatic heterocycles. The van der Waals surface area contributed by atoms with Gasteiger partial charge in [-0.15, -0.1) is 0 Å². The van der Waals surface area contributed by atoms with Gasteiger partial charge in [0.05, 0.1) is 5.56 Å². The average molecular weight is 478 g/mol. The van der Waals surface area contributed by atoms with Crippen molar-refractivity contribution >= 4 is 39.9 Å². The highest BCUT2D eigenvalue weighted by atomic mass is 79.9. The monoisotopic (exact) mass is 477 g/mol. The largest absolute Gasteiger partial charge is 0.463 e. The Morgan fingerprint density at radius 1 is 1.21 bits per heavy atom. The van der Waals surface area contributed by atoms with Crippen LogP contribution in [0.5, 0.6) is 0 Å². The molecule has 2 heterocycles. The molecule has 1 aliphatic heterocycles. The van der Waals surface area contributed by atoms with Crippen LogP contribution in [-0.4, -0.2) is 52.4 Å². The topological polar surface area (TPSA) is 143 Å². The van der Waals surface area contributed by atoms with Gasteiger partial charge in [0, 0.05) is 31.0 Å². The molecule has 2 rings (SSSR count). The summed E-state index contributed by atoms with van der Waals surface area (Å²) >= 11 is 3.01. The molecule has 29 heavy (non-hydrogen) atoms. The van der Waals surface area contributed by atoms with Crippen molar-refractivity contribution in [3.8, 4) is 0 Å². The van der Waals surface area contributed by atoms with Crippen LogP contribution in [-0.2, 0) is 33.3 Å². The lowest BCUT2D eigenvalue weighted by molar-refractivity contribution is -0.166. The summed E-state index contributed by atoms with van der Waals surface area (Å²) in [4.78, 5) is 62.9. The van der Waals surface area contributed by atoms with E-state index in [2.05, 4.69) is 20.9 Å². The summed E-state index contributed by atoms with van der Waals surface area (Å²) in [5, 5.41) is 0. The van der Waals surface area contributed by atoms with Crippen LogP contribution in [0.4, 0.5) is 0 Å². The molecule has 1 aliphatic rings. The van der Waals surface area contributed by atoms with Crippen LogP contribution in [0.25, 0.3) is 6.08 Å². The van der Waals surface area contributed by atoms with Crippen molar-refractivity contribution in [2.45, 2.75) is 45.2 Å². The maximum atomic E-state index is 12.5. The number of nitrogens with zero attached hydrogens (tertiary/aromatic N) is 1. The number of H-pyrrole nitrogens is 1. The molecule has 0 saturated carbocycles. The van der Waals surface area contributed by atoms with Crippen molar-refractivity contribution in [1.29, 1.82) is 0 Å². The molecule has 0 amide bonds. The molecule has 0 radical (unpaired) electrons. The van der Waals surface area contributed by atoms with E-state index >= 15 is 0 Å². The highest BCUT2D eigenvalue weighted by Crippen LogP contribution is 2.33. The smallest absolute Gasteiger partial charge is 0.330 e. The Balaban J connectivity index is 2.53. The van der Waals surface area contributed by atoms with E-state index in [1.54, 1.807) is 0 Å². The van der Waals surface area contributed by atoms with Gasteiger partial charge >= 0.3 is 23.6 Å². The minimum Gasteiger partial charge on any atom is -0.463 e. The Labute approximate surface area is 176 Å². The lowest BCUT2D eigenvalue weighted by atomic mass is 10.1. The quantitative estimate of drug-likeness (QED) is 0.449. The van der Waals surface area contributed by atoms with Gasteiger partial charge in [-0.3, -0.25) is 28.7 Å². The van der Waals surface area contributed by atoms with E-state index in [0.717, 1.165) is 10.8 Å². The average Bonchev–Trinajstić information content (AvgIpc) is 3.10. The van der Waals surface area contributed by atoms with E-state index < -0.39 is 81.0 Å². The van der Waals surface area contributed by atoms with E-state index in [0.29, 0.717) is 0 Å². The first kappa shape index (κ1) is 18.3. The highest BCUT2D eigenvalue weighted by Gasteiger charge is 2.51. The second-order valence-electron chi connectivity index (χ2n) is 5.70. The molecule has 11 nitrogen and oxygen atoms in total. The van der Waals surface area contributed by atoms with Crippen molar-refractivity contribution in [3.05, 3.63) is 37.6 Å². The van der Waals surface area contributed by atoms with Crippen LogP contribution in [0.1, 0.15) is 36.6 Å². The number of ether oxygens (including phenoxy) is 4. The second kappa shape index (κ2) is 9.65. The number of carbonyl (C=O) groups is 3. The Morgan fingerprint density at radius 2 is 1.86 bits per heavy atom. The van der Waals surface area contributed by atoms with Crippen LogP contribution in [0, 0.1) is 0 Å². The molecule has 0 aromatic carbocycles. The number of carbonyl (C=O) groups excluding carboxylic acids is 3. The first-order chi connectivity index (χ1) is 15.2. The van der Waals surface area contributed by atoms with Gasteiger partial charge in [0.15, 0.2) is 18.4 Å². The third kappa shape index (κ3) is 5.64. The van der Waals surface area contributed by atoms with Gasteiger partial charge in [-0.25, -0.2) is 4.79 Å². The predicted octanol–water partition coefficient (Wildman–Crippen LogP) is 0.226. The van der Waals surface area contributed by atoms with Crippen molar-refractivity contribution in [2.24, 2.45) is 0 Å². The molecule has 0 bridgehead atoms. The van der Waals surface area contributed by atoms with E-state index in [-0.39, 0.29) is 5.56 Å². The molecule has 0 spiro atoms. The SMILES string of the molecule is [2H]CC(=O)OC[C@H]1OC(n2cc(C=CBr)c(=O)[nH]c2=O)[C@H](OC(=O)C[2H])[C@H]1OC(=O)C[2H]. The molecule has 1 unspecified atom stereocenters. The summed E-state index contributed by atoms with van der Waals surface area (Å²) in [5.41, 5.74) is -1.62. The fraction of sp³-hybridized carbons (Fsp3) is 0.471. The number of aromatic amines is 1. The molecule has 1 saturated heterocycles. The number of hydrogen-bond acceptors (Lipinski definition) is 9. The molecule has 158 valence electrons. The molecule has 12 heteroatoms.